The van der Waals surface area contributed by atoms with Crippen LogP contribution >= 0.6 is 0 Å². The van der Waals surface area contributed by atoms with Crippen LogP contribution in [0.15, 0.2) is 24.3 Å². The van der Waals surface area contributed by atoms with E-state index < -0.39 is 96.7 Å². The van der Waals surface area contributed by atoms with E-state index in [2.05, 4.69) is 0 Å². The highest BCUT2D eigenvalue weighted by Crippen LogP contribution is 2.32. The number of benzene rings is 1. The molecule has 0 aliphatic carbocycles. The quantitative estimate of drug-likeness (QED) is 0.165. The van der Waals surface area contributed by atoms with Crippen molar-refractivity contribution in [1.29, 1.82) is 0 Å². The molecule has 0 bridgehead atoms. The molecule has 54 heavy (non-hydrogen) atoms. The molecule has 2 aliphatic heterocycles. The van der Waals surface area contributed by atoms with Gasteiger partial charge >= 0.3 is 41.8 Å². The van der Waals surface area contributed by atoms with Gasteiger partial charge < -0.3 is 42.6 Å². The Balaban J connectivity index is 1.63. The molecule has 3 rings (SSSR count). The van der Waals surface area contributed by atoms with E-state index in [0.717, 1.165) is 11.1 Å². The number of rotatable bonds is 17. The van der Waals surface area contributed by atoms with Crippen LogP contribution in [-0.2, 0) is 89.0 Å². The Kier molecular flexibility index (Phi) is 17.3. The molecule has 0 spiro atoms. The zero-order valence-corrected chi connectivity index (χ0v) is 31.9. The summed E-state index contributed by atoms with van der Waals surface area (Å²) in [6, 6.07) is 8.02. The number of carbonyl (C=O) groups excluding carboxylic acids is 7. The minimum atomic E-state index is -1.20. The monoisotopic (exact) mass is 764 g/mol. The van der Waals surface area contributed by atoms with Crippen LogP contribution < -0.4 is 0 Å². The highest BCUT2D eigenvalue weighted by atomic mass is 16.7. The first kappa shape index (κ1) is 43.8. The second-order valence-corrected chi connectivity index (χ2v) is 13.4. The van der Waals surface area contributed by atoms with Gasteiger partial charge in [-0.2, -0.15) is 0 Å². The van der Waals surface area contributed by atoms with E-state index in [-0.39, 0.29) is 19.6 Å². The van der Waals surface area contributed by atoms with Crippen molar-refractivity contribution < 1.29 is 76.2 Å². The van der Waals surface area contributed by atoms with E-state index in [4.69, 9.17) is 42.6 Å². The lowest BCUT2D eigenvalue weighted by Gasteiger charge is -2.44. The molecule has 9 atom stereocenters. The van der Waals surface area contributed by atoms with Gasteiger partial charge in [0.25, 0.3) is 0 Å². The fraction of sp³-hybridized carbons (Fsp3) is 0.658. The van der Waals surface area contributed by atoms with Crippen molar-refractivity contribution in [2.75, 3.05) is 13.2 Å². The Bertz CT molecular complexity index is 1460. The number of hydrogen-bond donors (Lipinski definition) is 0. The lowest BCUT2D eigenvalue weighted by molar-refractivity contribution is -0.253. The maximum Gasteiger partial charge on any atom is 0.303 e. The third kappa shape index (κ3) is 14.7. The molecule has 2 heterocycles. The SMILES string of the molecule is CC(=O)OC[C@H]1O[C@H](CCCc2ccc(CCCC3O[C@H](COC(C)=O)[C@@H](OC(C)=O)C[C@@H]3OC(C)=O)cc2)[C@@H](OC(C)=O)[C@@H](OC(C)=O)[C@@H]1OC(C)=O. The van der Waals surface area contributed by atoms with Crippen LogP contribution in [0, 0.1) is 0 Å². The van der Waals surface area contributed by atoms with Gasteiger partial charge in [-0.3, -0.25) is 33.6 Å². The number of ether oxygens (including phenoxy) is 9. The molecule has 0 saturated carbocycles. The predicted molar refractivity (Wildman–Crippen MR) is 185 cm³/mol. The summed E-state index contributed by atoms with van der Waals surface area (Å²) in [4.78, 5) is 82.8. The van der Waals surface area contributed by atoms with Gasteiger partial charge in [0.15, 0.2) is 18.3 Å². The Morgan fingerprint density at radius 2 is 0.852 bits per heavy atom. The first-order valence-electron chi connectivity index (χ1n) is 18.0. The zero-order chi connectivity index (χ0) is 39.9. The van der Waals surface area contributed by atoms with E-state index in [1.165, 1.54) is 48.5 Å². The second-order valence-electron chi connectivity index (χ2n) is 13.4. The molecule has 1 aromatic rings. The molecule has 16 heteroatoms. The lowest BCUT2D eigenvalue weighted by Crippen LogP contribution is -2.62. The van der Waals surface area contributed by atoms with E-state index >= 15 is 0 Å². The van der Waals surface area contributed by atoms with Crippen LogP contribution in [0.4, 0.5) is 0 Å². The lowest BCUT2D eigenvalue weighted by atomic mass is 9.91. The summed E-state index contributed by atoms with van der Waals surface area (Å²) < 4.78 is 50.1. The summed E-state index contributed by atoms with van der Waals surface area (Å²) in [5, 5.41) is 0. The molecule has 0 amide bonds. The first-order chi connectivity index (χ1) is 25.5. The number of carbonyl (C=O) groups is 7. The van der Waals surface area contributed by atoms with Gasteiger partial charge in [0.05, 0.1) is 12.2 Å². The van der Waals surface area contributed by atoms with Crippen LogP contribution in [0.1, 0.15) is 91.7 Å². The summed E-state index contributed by atoms with van der Waals surface area (Å²) in [7, 11) is 0. The number of aryl methyl sites for hydroxylation is 2. The normalized spacial score (nSPS) is 26.4. The standard InChI is InChI=1S/C38H52O16/c1-21(39)46-19-34-33(49-24(4)42)18-32(48-23(3)41)30(53-34)12-8-10-28-14-16-29(17-15-28)11-9-13-31-36(50-25(5)43)38(52-27(7)45)37(51-26(6)44)35(54-31)20-47-22(2)40/h14-17,30-38H,8-13,18-20H2,1-7H3/t30?,31-,32+,33+,34-,35-,36-,37-,38-/m1/s1. The zero-order valence-electron chi connectivity index (χ0n) is 31.9. The van der Waals surface area contributed by atoms with Crippen LogP contribution in [0.2, 0.25) is 0 Å². The fourth-order valence-corrected chi connectivity index (χ4v) is 6.64. The number of hydrogen-bond acceptors (Lipinski definition) is 16. The minimum Gasteiger partial charge on any atom is -0.463 e. The maximum absolute atomic E-state index is 12.1. The van der Waals surface area contributed by atoms with Crippen LogP contribution in [0.5, 0.6) is 0 Å². The Morgan fingerprint density at radius 3 is 1.30 bits per heavy atom. The van der Waals surface area contributed by atoms with E-state index in [1.54, 1.807) is 0 Å². The maximum atomic E-state index is 12.1. The Hall–Kier alpha value is -4.57. The molecule has 0 aromatic heterocycles. The topological polar surface area (TPSA) is 203 Å². The van der Waals surface area contributed by atoms with Crippen LogP contribution in [-0.4, -0.2) is 110 Å². The molecule has 2 aliphatic rings. The summed E-state index contributed by atoms with van der Waals surface area (Å²) in [5.41, 5.74) is 2.09. The third-order valence-electron chi connectivity index (χ3n) is 8.75. The molecule has 0 radical (unpaired) electrons. The van der Waals surface area contributed by atoms with Gasteiger partial charge in [-0.05, 0) is 49.7 Å². The highest BCUT2D eigenvalue weighted by Gasteiger charge is 2.51. The molecule has 1 unspecified atom stereocenters. The van der Waals surface area contributed by atoms with Gasteiger partial charge in [0.1, 0.15) is 37.6 Å². The molecule has 16 nitrogen and oxygen atoms in total. The van der Waals surface area contributed by atoms with Crippen LogP contribution in [0.3, 0.4) is 0 Å². The average molecular weight is 765 g/mol. The van der Waals surface area contributed by atoms with Gasteiger partial charge in [-0.1, -0.05) is 24.3 Å². The molecule has 1 aromatic carbocycles. The van der Waals surface area contributed by atoms with Crippen molar-refractivity contribution in [2.24, 2.45) is 0 Å². The van der Waals surface area contributed by atoms with Crippen molar-refractivity contribution in [1.82, 2.24) is 0 Å². The van der Waals surface area contributed by atoms with E-state index in [9.17, 15) is 33.6 Å². The summed E-state index contributed by atoms with van der Waals surface area (Å²) in [6.45, 7) is 8.23. The van der Waals surface area contributed by atoms with Gasteiger partial charge in [0.2, 0.25) is 0 Å². The number of esters is 7. The van der Waals surface area contributed by atoms with Crippen molar-refractivity contribution >= 4 is 41.8 Å². The molecule has 300 valence electrons. The first-order valence-corrected chi connectivity index (χ1v) is 18.0. The van der Waals surface area contributed by atoms with Crippen molar-refractivity contribution in [2.45, 2.75) is 148 Å². The van der Waals surface area contributed by atoms with E-state index in [0.29, 0.717) is 38.5 Å². The Morgan fingerprint density at radius 1 is 0.481 bits per heavy atom. The third-order valence-corrected chi connectivity index (χ3v) is 8.75. The Labute approximate surface area is 314 Å². The van der Waals surface area contributed by atoms with Crippen LogP contribution in [0.25, 0.3) is 0 Å². The molecular formula is C38H52O16. The molecule has 2 saturated heterocycles. The van der Waals surface area contributed by atoms with E-state index in [1.807, 2.05) is 24.3 Å². The van der Waals surface area contributed by atoms with Crippen molar-refractivity contribution in [3.63, 3.8) is 0 Å². The van der Waals surface area contributed by atoms with Crippen molar-refractivity contribution in [3.8, 4) is 0 Å². The summed E-state index contributed by atoms with van der Waals surface area (Å²) in [6.07, 6.45) is -4.19. The molecule has 0 N–H and O–H groups in total. The molecule has 2 fully saturated rings. The van der Waals surface area contributed by atoms with Gasteiger partial charge in [-0.15, -0.1) is 0 Å². The smallest absolute Gasteiger partial charge is 0.303 e. The summed E-state index contributed by atoms with van der Waals surface area (Å²) >= 11 is 0. The minimum absolute atomic E-state index is 0.105. The van der Waals surface area contributed by atoms with Gasteiger partial charge in [-0.25, -0.2) is 0 Å². The fourth-order valence-electron chi connectivity index (χ4n) is 6.64. The van der Waals surface area contributed by atoms with Gasteiger partial charge in [0, 0.05) is 54.9 Å². The molecular weight excluding hydrogens is 712 g/mol. The van der Waals surface area contributed by atoms with Crippen molar-refractivity contribution in [3.05, 3.63) is 35.4 Å². The average Bonchev–Trinajstić information content (AvgIpc) is 3.06. The second kappa shape index (κ2) is 21.4. The summed E-state index contributed by atoms with van der Waals surface area (Å²) in [5.74, 6) is -4.12. The largest absolute Gasteiger partial charge is 0.463 e. The predicted octanol–water partition coefficient (Wildman–Crippen LogP) is 3.04. The highest BCUT2D eigenvalue weighted by molar-refractivity contribution is 5.69.